The van der Waals surface area contributed by atoms with E-state index in [1.807, 2.05) is 11.0 Å². The highest BCUT2D eigenvalue weighted by atomic mass is 19.1. The van der Waals surface area contributed by atoms with E-state index in [4.69, 9.17) is 33.7 Å². The molecule has 2 amide bonds. The van der Waals surface area contributed by atoms with Crippen LogP contribution in [0.1, 0.15) is 139 Å². The van der Waals surface area contributed by atoms with Gasteiger partial charge in [0.25, 0.3) is 5.69 Å². The highest BCUT2D eigenvalue weighted by Crippen LogP contribution is 2.62. The Kier molecular flexibility index (Phi) is 22.7. The van der Waals surface area contributed by atoms with Crippen molar-refractivity contribution in [2.45, 2.75) is 147 Å². The largest absolute Gasteiger partial charge is 0.497 e. The van der Waals surface area contributed by atoms with Gasteiger partial charge >= 0.3 is 6.09 Å². The standard InChI is InChI=1S/C62H79FN4O12/c1-5-7-8-9-10-11-12-13-14-21-58(70)66(41-43-22-26-46(63)27-23-43)57-40-54(65-77-42-44-24-28-47(29-25-44)67(72)73)51-37-45(19-15-17-34-68)50(20-16-18-35-69)59-52-38-49(31-33-55(52)79-62(57,60(51)59)76-36-6-2)78-61(71)64-53-32-30-48(74-3)39-56(53)75-4/h6,22-33,37-39,45,50,57,59-60,68-69H,2,5,7-21,34-36,40-42H2,1,3-4H3,(H,64,71)/t45-,50+,57-,59+,60+,62+/m0/s1. The number of nitro groups is 1. The van der Waals surface area contributed by atoms with Crippen LogP contribution in [-0.4, -0.2) is 83.6 Å². The molecule has 1 heterocycles. The third-order valence-electron chi connectivity index (χ3n) is 15.5. The summed E-state index contributed by atoms with van der Waals surface area (Å²) < 4.78 is 46.2. The molecule has 426 valence electrons. The molecule has 79 heavy (non-hydrogen) atoms. The highest BCUT2D eigenvalue weighted by Gasteiger charge is 2.65. The minimum Gasteiger partial charge on any atom is -0.497 e. The molecule has 1 fully saturated rings. The number of oxime groups is 1. The van der Waals surface area contributed by atoms with Gasteiger partial charge in [0.05, 0.1) is 43.1 Å². The van der Waals surface area contributed by atoms with E-state index in [2.05, 4.69) is 24.9 Å². The van der Waals surface area contributed by atoms with Crippen molar-refractivity contribution < 1.29 is 57.6 Å². The summed E-state index contributed by atoms with van der Waals surface area (Å²) in [7, 11) is 3.02. The molecule has 4 aromatic rings. The Bertz CT molecular complexity index is 2700. The van der Waals surface area contributed by atoms with Crippen LogP contribution in [0.15, 0.2) is 114 Å². The van der Waals surface area contributed by atoms with Crippen LogP contribution in [0.25, 0.3) is 0 Å². The van der Waals surface area contributed by atoms with Crippen LogP contribution in [0, 0.1) is 33.7 Å². The number of allylic oxidation sites excluding steroid dienone is 1. The Morgan fingerprint density at radius 3 is 2.22 bits per heavy atom. The van der Waals surface area contributed by atoms with Crippen molar-refractivity contribution in [1.82, 2.24) is 4.90 Å². The number of carbonyl (C=O) groups is 2. The molecule has 4 aromatic carbocycles. The molecule has 16 nitrogen and oxygen atoms in total. The van der Waals surface area contributed by atoms with Gasteiger partial charge in [0.2, 0.25) is 11.7 Å². The van der Waals surface area contributed by atoms with Gasteiger partial charge in [0.1, 0.15) is 41.5 Å². The van der Waals surface area contributed by atoms with Gasteiger partial charge < -0.3 is 43.6 Å². The minimum atomic E-state index is -1.60. The SMILES string of the molecule is C=CCO[C@@]12Oc3ccc(OC(=O)Nc4ccc(OC)cc4OC)cc3[C@H]3[C@H](CCCCO)[C@@H](CCCCO)C=C(C(=NOCc4ccc([N+](=O)[O-])cc4)C[C@@H]1N(Cc1ccc(F)cc1)C(=O)CCCCCCCCCCC)[C@H]32. The summed E-state index contributed by atoms with van der Waals surface area (Å²) >= 11 is 0. The summed E-state index contributed by atoms with van der Waals surface area (Å²) in [4.78, 5) is 48.3. The fourth-order valence-corrected chi connectivity index (χ4v) is 11.6. The number of halogens is 1. The molecule has 2 aliphatic carbocycles. The Morgan fingerprint density at radius 2 is 1.54 bits per heavy atom. The van der Waals surface area contributed by atoms with Crippen molar-refractivity contribution in [1.29, 1.82) is 0 Å². The van der Waals surface area contributed by atoms with Crippen LogP contribution in [0.2, 0.25) is 0 Å². The second-order valence-corrected chi connectivity index (χ2v) is 20.8. The van der Waals surface area contributed by atoms with E-state index in [0.717, 1.165) is 36.8 Å². The topological polar surface area (TPSA) is 201 Å². The number of anilines is 1. The molecule has 3 aliphatic rings. The maximum atomic E-state index is 15.3. The number of aliphatic hydroxyl groups is 2. The molecular weight excluding hydrogens is 1010 g/mol. The second-order valence-electron chi connectivity index (χ2n) is 20.8. The van der Waals surface area contributed by atoms with Crippen LogP contribution < -0.4 is 24.3 Å². The normalized spacial score (nSPS) is 20.5. The molecule has 7 rings (SSSR count). The zero-order valence-corrected chi connectivity index (χ0v) is 46.1. The number of aliphatic hydroxyl groups excluding tert-OH is 2. The third-order valence-corrected chi connectivity index (χ3v) is 15.5. The predicted molar refractivity (Wildman–Crippen MR) is 301 cm³/mol. The molecule has 0 aromatic heterocycles. The zero-order valence-electron chi connectivity index (χ0n) is 46.1. The first-order valence-corrected chi connectivity index (χ1v) is 28.2. The summed E-state index contributed by atoms with van der Waals surface area (Å²) in [5.74, 6) is -1.90. The Morgan fingerprint density at radius 1 is 0.861 bits per heavy atom. The number of nitrogens with zero attached hydrogens (tertiary/aromatic N) is 3. The monoisotopic (exact) mass is 1090 g/mol. The molecule has 3 N–H and O–H groups in total. The molecule has 0 saturated heterocycles. The number of methoxy groups -OCH3 is 2. The maximum Gasteiger partial charge on any atom is 0.417 e. The van der Waals surface area contributed by atoms with Crippen molar-refractivity contribution in [2.24, 2.45) is 22.9 Å². The van der Waals surface area contributed by atoms with Gasteiger partial charge in [-0.2, -0.15) is 0 Å². The lowest BCUT2D eigenvalue weighted by Crippen LogP contribution is -2.70. The van der Waals surface area contributed by atoms with E-state index in [0.29, 0.717) is 84.7 Å². The number of unbranched alkanes of at least 4 members (excludes halogenated alkanes) is 10. The van der Waals surface area contributed by atoms with Crippen LogP contribution in [-0.2, 0) is 27.5 Å². The molecule has 0 spiro atoms. The van der Waals surface area contributed by atoms with Crippen LogP contribution in [0.5, 0.6) is 23.0 Å². The number of non-ortho nitro benzene ring substituents is 1. The van der Waals surface area contributed by atoms with Crippen LogP contribution in [0.4, 0.5) is 20.6 Å². The summed E-state index contributed by atoms with van der Waals surface area (Å²) in [6.07, 6.45) is 17.0. The summed E-state index contributed by atoms with van der Waals surface area (Å²) in [5.41, 5.74) is 3.73. The first-order valence-electron chi connectivity index (χ1n) is 28.2. The summed E-state index contributed by atoms with van der Waals surface area (Å²) in [6.45, 7) is 6.40. The van der Waals surface area contributed by atoms with Crippen molar-refractivity contribution in [3.63, 3.8) is 0 Å². The molecule has 0 radical (unpaired) electrons. The van der Waals surface area contributed by atoms with E-state index in [1.54, 1.807) is 60.7 Å². The van der Waals surface area contributed by atoms with E-state index in [1.165, 1.54) is 64.2 Å². The number of benzene rings is 4. The van der Waals surface area contributed by atoms with Crippen molar-refractivity contribution in [3.8, 4) is 23.0 Å². The summed E-state index contributed by atoms with van der Waals surface area (Å²) in [6, 6.07) is 21.6. The van der Waals surface area contributed by atoms with E-state index in [-0.39, 0.29) is 75.0 Å². The number of hydrogen-bond acceptors (Lipinski definition) is 13. The molecule has 0 unspecified atom stereocenters. The number of nitrogens with one attached hydrogen (secondary N) is 1. The van der Waals surface area contributed by atoms with Gasteiger partial charge in [-0.3, -0.25) is 20.2 Å². The van der Waals surface area contributed by atoms with Crippen molar-refractivity contribution in [3.05, 3.63) is 142 Å². The lowest BCUT2D eigenvalue weighted by Gasteiger charge is -2.60. The van der Waals surface area contributed by atoms with E-state index >= 15 is 4.79 Å². The van der Waals surface area contributed by atoms with Gasteiger partial charge in [-0.25, -0.2) is 9.18 Å². The van der Waals surface area contributed by atoms with Crippen molar-refractivity contribution in [2.75, 3.05) is 39.4 Å². The minimum absolute atomic E-state index is 0.000356. The predicted octanol–water partition coefficient (Wildman–Crippen LogP) is 13.1. The number of ether oxygens (including phenoxy) is 5. The third kappa shape index (κ3) is 15.5. The zero-order chi connectivity index (χ0) is 56.2. The van der Waals surface area contributed by atoms with E-state index in [9.17, 15) is 29.5 Å². The molecule has 6 atom stereocenters. The van der Waals surface area contributed by atoms with Gasteiger partial charge in [-0.1, -0.05) is 101 Å². The van der Waals surface area contributed by atoms with E-state index < -0.39 is 40.5 Å². The first-order chi connectivity index (χ1) is 38.5. The number of rotatable bonds is 32. The fourth-order valence-electron chi connectivity index (χ4n) is 11.6. The lowest BCUT2D eigenvalue weighted by atomic mass is 9.55. The highest BCUT2D eigenvalue weighted by molar-refractivity contribution is 6.03. The Labute approximate surface area is 464 Å². The summed E-state index contributed by atoms with van der Waals surface area (Å²) in [5, 5.41) is 39.5. The molecule has 0 bridgehead atoms. The van der Waals surface area contributed by atoms with Crippen LogP contribution in [0.3, 0.4) is 0 Å². The number of nitro benzene ring substituents is 1. The first kappa shape index (κ1) is 59.8. The Balaban J connectivity index is 1.37. The van der Waals surface area contributed by atoms with Gasteiger partial charge in [-0.05, 0) is 115 Å². The fraction of sp³-hybridized carbons (Fsp3) is 0.500. The van der Waals surface area contributed by atoms with Gasteiger partial charge in [-0.15, -0.1) is 6.58 Å². The van der Waals surface area contributed by atoms with Gasteiger partial charge in [0, 0.05) is 62.3 Å². The lowest BCUT2D eigenvalue weighted by molar-refractivity contribution is -0.384. The molecule has 1 aliphatic heterocycles. The van der Waals surface area contributed by atoms with Crippen LogP contribution >= 0.6 is 0 Å². The number of fused-ring (bicyclic) bond motifs is 2. The second kappa shape index (κ2) is 30.0. The number of carbonyl (C=O) groups excluding carboxylic acids is 2. The quantitative estimate of drug-likeness (QED) is 0.0181. The molecular formula is C62H79FN4O12. The molecule has 17 heteroatoms. The molecule has 1 saturated carbocycles. The smallest absolute Gasteiger partial charge is 0.417 e. The number of amides is 2. The average molecular weight is 1090 g/mol. The number of hydrogen-bond donors (Lipinski definition) is 3. The Hall–Kier alpha value is -6.82. The van der Waals surface area contributed by atoms with Gasteiger partial charge in [0.15, 0.2) is 0 Å². The maximum absolute atomic E-state index is 15.3. The van der Waals surface area contributed by atoms with Crippen molar-refractivity contribution >= 4 is 29.1 Å². The average Bonchev–Trinajstić information content (AvgIpc) is 3.23.